The van der Waals surface area contributed by atoms with Crippen LogP contribution in [0.5, 0.6) is 5.75 Å². The van der Waals surface area contributed by atoms with E-state index in [4.69, 9.17) is 21.1 Å². The minimum atomic E-state index is -0.586. The minimum absolute atomic E-state index is 0.189. The monoisotopic (exact) mass is 516 g/mol. The fourth-order valence-corrected chi connectivity index (χ4v) is 4.11. The van der Waals surface area contributed by atoms with Gasteiger partial charge in [-0.2, -0.15) is 0 Å². The second kappa shape index (κ2) is 11.1. The van der Waals surface area contributed by atoms with Crippen LogP contribution in [0.3, 0.4) is 0 Å². The van der Waals surface area contributed by atoms with Gasteiger partial charge in [0.15, 0.2) is 6.61 Å². The van der Waals surface area contributed by atoms with Gasteiger partial charge in [-0.05, 0) is 68.0 Å². The number of esters is 1. The Balaban J connectivity index is 1.50. The summed E-state index contributed by atoms with van der Waals surface area (Å²) in [5.41, 5.74) is 3.93. The van der Waals surface area contributed by atoms with Crippen molar-refractivity contribution in [2.75, 3.05) is 23.9 Å². The molecule has 1 N–H and O–H groups in total. The highest BCUT2D eigenvalue weighted by Crippen LogP contribution is 2.35. The zero-order chi connectivity index (χ0) is 26.5. The summed E-state index contributed by atoms with van der Waals surface area (Å²) in [4.78, 5) is 39.7. The van der Waals surface area contributed by atoms with Crippen LogP contribution < -0.4 is 15.0 Å². The molecule has 0 unspecified atom stereocenters. The van der Waals surface area contributed by atoms with Gasteiger partial charge in [0.1, 0.15) is 5.75 Å². The molecule has 0 fully saturated rings. The highest BCUT2D eigenvalue weighted by molar-refractivity contribution is 6.31. The fraction of sp³-hybridized carbons (Fsp3) is 0.138. The molecule has 1 aliphatic rings. The fourth-order valence-electron chi connectivity index (χ4n) is 3.92. The largest absolute Gasteiger partial charge is 0.484 e. The van der Waals surface area contributed by atoms with E-state index in [0.717, 1.165) is 5.56 Å². The number of amides is 2. The Hall–Kier alpha value is -4.36. The van der Waals surface area contributed by atoms with E-state index >= 15 is 0 Å². The molecule has 0 atom stereocenters. The molecule has 37 heavy (non-hydrogen) atoms. The number of nitrogens with one attached hydrogen (secondary N) is 1. The topological polar surface area (TPSA) is 84.9 Å². The quantitative estimate of drug-likeness (QED) is 0.329. The second-order valence-corrected chi connectivity index (χ2v) is 8.84. The predicted octanol–water partition coefficient (Wildman–Crippen LogP) is 5.54. The molecule has 188 valence electrons. The van der Waals surface area contributed by atoms with Crippen molar-refractivity contribution >= 4 is 46.8 Å². The number of hydrogen-bond acceptors (Lipinski definition) is 5. The lowest BCUT2D eigenvalue weighted by Crippen LogP contribution is -2.24. The molecule has 2 amide bonds. The maximum absolute atomic E-state index is 13.4. The Bertz CT molecular complexity index is 1410. The van der Waals surface area contributed by atoms with Gasteiger partial charge < -0.3 is 14.8 Å². The molecule has 0 aromatic heterocycles. The number of ether oxygens (including phenoxy) is 2. The molecule has 4 rings (SSSR count). The van der Waals surface area contributed by atoms with Crippen molar-refractivity contribution in [3.63, 3.8) is 0 Å². The molecule has 0 saturated heterocycles. The van der Waals surface area contributed by atoms with Crippen molar-refractivity contribution in [1.82, 2.24) is 0 Å². The molecule has 1 heterocycles. The summed E-state index contributed by atoms with van der Waals surface area (Å²) in [5.74, 6) is -0.760. The Labute approximate surface area is 219 Å². The SMILES string of the molecule is COC(=O)C1=C(C)N(c2ccc(C)cc2)C(=O)/C1=C\c1ccc(OCC(=O)Nc2cccc(Cl)c2)cc1. The second-order valence-electron chi connectivity index (χ2n) is 8.40. The van der Waals surface area contributed by atoms with Crippen molar-refractivity contribution < 1.29 is 23.9 Å². The summed E-state index contributed by atoms with van der Waals surface area (Å²) in [5, 5.41) is 3.23. The van der Waals surface area contributed by atoms with Crippen LogP contribution in [0.25, 0.3) is 6.08 Å². The third-order valence-corrected chi connectivity index (χ3v) is 5.99. The van der Waals surface area contributed by atoms with Crippen LogP contribution in [0.15, 0.2) is 89.6 Å². The average Bonchev–Trinajstić information content (AvgIpc) is 3.12. The number of carbonyl (C=O) groups excluding carboxylic acids is 3. The van der Waals surface area contributed by atoms with E-state index in [1.165, 1.54) is 12.0 Å². The Morgan fingerprint density at radius 3 is 2.35 bits per heavy atom. The third-order valence-electron chi connectivity index (χ3n) is 5.75. The van der Waals surface area contributed by atoms with E-state index in [2.05, 4.69) is 5.32 Å². The molecule has 0 aliphatic carbocycles. The Morgan fingerprint density at radius 1 is 1.00 bits per heavy atom. The summed E-state index contributed by atoms with van der Waals surface area (Å²) in [6.07, 6.45) is 1.64. The lowest BCUT2D eigenvalue weighted by Gasteiger charge is -2.18. The van der Waals surface area contributed by atoms with Crippen molar-refractivity contribution in [3.05, 3.63) is 106 Å². The summed E-state index contributed by atoms with van der Waals surface area (Å²) in [6, 6.07) is 21.2. The van der Waals surface area contributed by atoms with Gasteiger partial charge in [-0.1, -0.05) is 47.5 Å². The molecule has 0 bridgehead atoms. The lowest BCUT2D eigenvalue weighted by atomic mass is 10.0. The van der Waals surface area contributed by atoms with Gasteiger partial charge >= 0.3 is 5.97 Å². The first-order valence-corrected chi connectivity index (χ1v) is 11.9. The maximum atomic E-state index is 13.4. The number of benzene rings is 3. The highest BCUT2D eigenvalue weighted by Gasteiger charge is 2.37. The normalized spacial score (nSPS) is 14.2. The van der Waals surface area contributed by atoms with E-state index in [0.29, 0.717) is 33.4 Å². The maximum Gasteiger partial charge on any atom is 0.340 e. The van der Waals surface area contributed by atoms with Crippen molar-refractivity contribution in [3.8, 4) is 5.75 Å². The number of anilines is 2. The van der Waals surface area contributed by atoms with E-state index in [9.17, 15) is 14.4 Å². The van der Waals surface area contributed by atoms with Gasteiger partial charge in [0, 0.05) is 22.1 Å². The summed E-state index contributed by atoms with van der Waals surface area (Å²) in [6.45, 7) is 3.49. The average molecular weight is 517 g/mol. The van der Waals surface area contributed by atoms with Crippen LogP contribution >= 0.6 is 11.6 Å². The molecule has 1 aliphatic heterocycles. The number of rotatable bonds is 7. The van der Waals surface area contributed by atoms with Gasteiger partial charge in [-0.3, -0.25) is 14.5 Å². The number of carbonyl (C=O) groups is 3. The van der Waals surface area contributed by atoms with Crippen LogP contribution in [0, 0.1) is 6.92 Å². The predicted molar refractivity (Wildman–Crippen MR) is 143 cm³/mol. The summed E-state index contributed by atoms with van der Waals surface area (Å²) < 4.78 is 10.5. The molecule has 3 aromatic carbocycles. The van der Waals surface area contributed by atoms with Crippen molar-refractivity contribution in [2.45, 2.75) is 13.8 Å². The molecule has 0 radical (unpaired) electrons. The van der Waals surface area contributed by atoms with Crippen LogP contribution in [0.4, 0.5) is 11.4 Å². The standard InChI is InChI=1S/C29H25ClN2O5/c1-18-7-11-23(12-8-18)32-19(2)27(29(35)36-3)25(28(32)34)15-20-9-13-24(14-10-20)37-17-26(33)31-22-6-4-5-21(30)16-22/h4-16H,17H2,1-3H3,(H,31,33)/b25-15-. The first kappa shape index (κ1) is 25.7. The summed E-state index contributed by atoms with van der Waals surface area (Å²) in [7, 11) is 1.29. The molecular formula is C29H25ClN2O5. The zero-order valence-electron chi connectivity index (χ0n) is 20.6. The van der Waals surface area contributed by atoms with Gasteiger partial charge in [0.2, 0.25) is 0 Å². The molecule has 7 nitrogen and oxygen atoms in total. The zero-order valence-corrected chi connectivity index (χ0v) is 21.3. The molecule has 0 spiro atoms. The van der Waals surface area contributed by atoms with E-state index in [1.54, 1.807) is 61.5 Å². The van der Waals surface area contributed by atoms with Crippen LogP contribution in [0.2, 0.25) is 5.02 Å². The van der Waals surface area contributed by atoms with E-state index < -0.39 is 5.97 Å². The van der Waals surface area contributed by atoms with Crippen molar-refractivity contribution in [1.29, 1.82) is 0 Å². The minimum Gasteiger partial charge on any atom is -0.484 e. The number of aryl methyl sites for hydroxylation is 1. The van der Waals surface area contributed by atoms with Crippen LogP contribution in [0.1, 0.15) is 18.1 Å². The number of halogens is 1. The van der Waals surface area contributed by atoms with E-state index in [-0.39, 0.29) is 29.6 Å². The number of allylic oxidation sites excluding steroid dienone is 1. The first-order valence-electron chi connectivity index (χ1n) is 11.5. The Morgan fingerprint density at radius 2 is 1.70 bits per heavy atom. The Kier molecular flexibility index (Phi) is 7.74. The molecular weight excluding hydrogens is 492 g/mol. The van der Waals surface area contributed by atoms with E-state index in [1.807, 2.05) is 31.2 Å². The van der Waals surface area contributed by atoms with Crippen LogP contribution in [-0.4, -0.2) is 31.5 Å². The number of methoxy groups -OCH3 is 1. The first-order chi connectivity index (χ1) is 17.8. The van der Waals surface area contributed by atoms with Gasteiger partial charge in [0.25, 0.3) is 11.8 Å². The molecule has 8 heteroatoms. The lowest BCUT2D eigenvalue weighted by molar-refractivity contribution is -0.136. The van der Waals surface area contributed by atoms with Crippen LogP contribution in [-0.2, 0) is 19.1 Å². The molecule has 0 saturated carbocycles. The molecule has 3 aromatic rings. The highest BCUT2D eigenvalue weighted by atomic mass is 35.5. The van der Waals surface area contributed by atoms with Gasteiger partial charge in [-0.25, -0.2) is 4.79 Å². The third kappa shape index (κ3) is 5.90. The number of hydrogen-bond donors (Lipinski definition) is 1. The summed E-state index contributed by atoms with van der Waals surface area (Å²) >= 11 is 5.93. The van der Waals surface area contributed by atoms with Crippen molar-refractivity contribution in [2.24, 2.45) is 0 Å². The van der Waals surface area contributed by atoms with Gasteiger partial charge in [0.05, 0.1) is 18.3 Å². The smallest absolute Gasteiger partial charge is 0.340 e. The van der Waals surface area contributed by atoms with Gasteiger partial charge in [-0.15, -0.1) is 0 Å². The number of nitrogens with zero attached hydrogens (tertiary/aromatic N) is 1.